The van der Waals surface area contributed by atoms with Crippen LogP contribution >= 0.6 is 11.6 Å². The number of imidazole rings is 1. The van der Waals surface area contributed by atoms with Gasteiger partial charge in [-0.05, 0) is 23.6 Å². The van der Waals surface area contributed by atoms with Gasteiger partial charge in [-0.1, -0.05) is 56.6 Å². The average Bonchev–Trinajstić information content (AvgIpc) is 2.92. The van der Waals surface area contributed by atoms with E-state index in [0.717, 1.165) is 22.6 Å². The Kier molecular flexibility index (Phi) is 4.42. The van der Waals surface area contributed by atoms with Gasteiger partial charge in [0.05, 0.1) is 16.4 Å². The molecule has 0 saturated heterocycles. The minimum atomic E-state index is 0.197. The number of halogens is 1. The summed E-state index contributed by atoms with van der Waals surface area (Å²) in [4.78, 5) is 4.82. The van der Waals surface area contributed by atoms with Crippen LogP contribution in [0.15, 0.2) is 42.6 Å². The first-order valence-electron chi connectivity index (χ1n) is 7.99. The van der Waals surface area contributed by atoms with Crippen LogP contribution < -0.4 is 5.73 Å². The monoisotopic (exact) mass is 327 g/mol. The quantitative estimate of drug-likeness (QED) is 0.745. The Morgan fingerprint density at radius 3 is 2.39 bits per heavy atom. The molecule has 2 heterocycles. The fraction of sp³-hybridized carbons (Fsp3) is 0.316. The molecule has 3 nitrogen and oxygen atoms in total. The molecule has 3 aromatic rings. The first kappa shape index (κ1) is 16.0. The van der Waals surface area contributed by atoms with Crippen molar-refractivity contribution in [3.05, 3.63) is 58.9 Å². The summed E-state index contributed by atoms with van der Waals surface area (Å²) in [7, 11) is 0. The Labute approximate surface area is 142 Å². The maximum Gasteiger partial charge on any atom is 0.137 e. The van der Waals surface area contributed by atoms with Crippen molar-refractivity contribution in [1.29, 1.82) is 0 Å². The second-order valence-electron chi connectivity index (χ2n) is 6.33. The highest BCUT2D eigenvalue weighted by molar-refractivity contribution is 6.30. The van der Waals surface area contributed by atoms with Gasteiger partial charge in [-0.15, -0.1) is 0 Å². The molecule has 0 saturated carbocycles. The summed E-state index contributed by atoms with van der Waals surface area (Å²) >= 11 is 6.17. The molecule has 0 aliphatic heterocycles. The molecule has 0 radical (unpaired) electrons. The molecule has 0 amide bonds. The molecule has 3 rings (SSSR count). The van der Waals surface area contributed by atoms with Crippen LogP contribution in [0.4, 0.5) is 0 Å². The number of benzene rings is 1. The van der Waals surface area contributed by atoms with E-state index >= 15 is 0 Å². The maximum atomic E-state index is 6.17. The molecule has 2 N–H and O–H groups in total. The Bertz CT molecular complexity index is 818. The van der Waals surface area contributed by atoms with Crippen LogP contribution in [0.5, 0.6) is 0 Å². The van der Waals surface area contributed by atoms with Gasteiger partial charge >= 0.3 is 0 Å². The van der Waals surface area contributed by atoms with Gasteiger partial charge in [0.15, 0.2) is 0 Å². The summed E-state index contributed by atoms with van der Waals surface area (Å²) in [6.45, 7) is 7.08. The number of nitrogens with two attached hydrogens (primary N) is 1. The van der Waals surface area contributed by atoms with Crippen molar-refractivity contribution in [2.24, 2.45) is 5.73 Å². The summed E-state index contributed by atoms with van der Waals surface area (Å²) in [5.74, 6) is 0.717. The van der Waals surface area contributed by atoms with E-state index in [0.29, 0.717) is 17.5 Å². The molecular weight excluding hydrogens is 306 g/mol. The van der Waals surface area contributed by atoms with E-state index in [4.69, 9.17) is 22.3 Å². The number of pyridine rings is 1. The van der Waals surface area contributed by atoms with Crippen molar-refractivity contribution in [3.63, 3.8) is 0 Å². The molecule has 0 bridgehead atoms. The molecule has 4 heteroatoms. The van der Waals surface area contributed by atoms with Crippen LogP contribution in [0.1, 0.15) is 43.9 Å². The molecule has 23 heavy (non-hydrogen) atoms. The number of nitrogens with zero attached hydrogens (tertiary/aromatic N) is 2. The lowest BCUT2D eigenvalue weighted by Gasteiger charge is -2.12. The third-order valence-corrected chi connectivity index (χ3v) is 4.51. The molecule has 0 spiro atoms. The van der Waals surface area contributed by atoms with Gasteiger partial charge in [-0.25, -0.2) is 4.98 Å². The van der Waals surface area contributed by atoms with E-state index in [1.165, 1.54) is 5.56 Å². The second-order valence-corrected chi connectivity index (χ2v) is 6.77. The topological polar surface area (TPSA) is 43.3 Å². The molecule has 0 aliphatic carbocycles. The van der Waals surface area contributed by atoms with E-state index in [9.17, 15) is 0 Å². The Morgan fingerprint density at radius 1 is 1.09 bits per heavy atom. The van der Waals surface area contributed by atoms with Gasteiger partial charge in [-0.3, -0.25) is 0 Å². The normalized spacial score (nSPS) is 13.0. The average molecular weight is 328 g/mol. The summed E-state index contributed by atoms with van der Waals surface area (Å²) in [6, 6.07) is 12.5. The zero-order valence-electron chi connectivity index (χ0n) is 13.8. The number of hydrogen-bond donors (Lipinski definition) is 1. The molecule has 0 fully saturated rings. The molecule has 2 aromatic heterocycles. The minimum absolute atomic E-state index is 0.197. The van der Waals surface area contributed by atoms with E-state index in [2.05, 4.69) is 49.4 Å². The van der Waals surface area contributed by atoms with E-state index in [1.807, 2.05) is 18.3 Å². The standard InChI is InChI=1S/C19H22ClN3/c1-12(2)14-4-6-15(7-5-14)18-19(13(3)10-21)23-11-16(20)8-9-17(23)22-18/h4-9,11-13H,10,21H2,1-3H3. The van der Waals surface area contributed by atoms with Gasteiger partial charge in [0, 0.05) is 24.2 Å². The lowest BCUT2D eigenvalue weighted by molar-refractivity contribution is 0.738. The SMILES string of the molecule is CC(C)c1ccc(-c2nc3ccc(Cl)cn3c2C(C)CN)cc1. The zero-order valence-corrected chi connectivity index (χ0v) is 14.5. The summed E-state index contributed by atoms with van der Waals surface area (Å²) in [5.41, 5.74) is 11.4. The van der Waals surface area contributed by atoms with Crippen LogP contribution in [0.2, 0.25) is 5.02 Å². The van der Waals surface area contributed by atoms with Crippen LogP contribution in [0.25, 0.3) is 16.9 Å². The Balaban J connectivity index is 2.19. The van der Waals surface area contributed by atoms with Gasteiger partial charge in [0.2, 0.25) is 0 Å². The van der Waals surface area contributed by atoms with Crippen molar-refractivity contribution in [2.45, 2.75) is 32.6 Å². The molecule has 0 aliphatic rings. The number of fused-ring (bicyclic) bond motifs is 1. The van der Waals surface area contributed by atoms with Gasteiger partial charge in [0.25, 0.3) is 0 Å². The molecule has 1 unspecified atom stereocenters. The second kappa shape index (κ2) is 6.34. The highest BCUT2D eigenvalue weighted by Crippen LogP contribution is 2.31. The number of hydrogen-bond acceptors (Lipinski definition) is 2. The van der Waals surface area contributed by atoms with Crippen molar-refractivity contribution in [2.75, 3.05) is 6.54 Å². The molecule has 1 atom stereocenters. The van der Waals surface area contributed by atoms with Crippen molar-refractivity contribution >= 4 is 17.2 Å². The Hall–Kier alpha value is -1.84. The van der Waals surface area contributed by atoms with Gasteiger partial charge in [-0.2, -0.15) is 0 Å². The summed E-state index contributed by atoms with van der Waals surface area (Å²) in [5, 5.41) is 0.696. The van der Waals surface area contributed by atoms with Gasteiger partial charge in [0.1, 0.15) is 5.65 Å². The van der Waals surface area contributed by atoms with Gasteiger partial charge < -0.3 is 10.1 Å². The molecular formula is C19H22ClN3. The smallest absolute Gasteiger partial charge is 0.137 e. The highest BCUT2D eigenvalue weighted by atomic mass is 35.5. The number of aromatic nitrogens is 2. The van der Waals surface area contributed by atoms with E-state index in [1.54, 1.807) is 0 Å². The Morgan fingerprint density at radius 2 is 1.78 bits per heavy atom. The minimum Gasteiger partial charge on any atom is -0.330 e. The largest absolute Gasteiger partial charge is 0.330 e. The maximum absolute atomic E-state index is 6.17. The van der Waals surface area contributed by atoms with Crippen molar-refractivity contribution < 1.29 is 0 Å². The number of rotatable bonds is 4. The van der Waals surface area contributed by atoms with Crippen LogP contribution in [0, 0.1) is 0 Å². The summed E-state index contributed by atoms with van der Waals surface area (Å²) < 4.78 is 2.06. The first-order valence-corrected chi connectivity index (χ1v) is 8.37. The van der Waals surface area contributed by atoms with Crippen molar-refractivity contribution in [1.82, 2.24) is 9.38 Å². The van der Waals surface area contributed by atoms with Crippen molar-refractivity contribution in [3.8, 4) is 11.3 Å². The molecule has 1 aromatic carbocycles. The predicted octanol–water partition coefficient (Wildman–Crippen LogP) is 4.84. The van der Waals surface area contributed by atoms with Crippen LogP contribution in [-0.4, -0.2) is 15.9 Å². The third-order valence-electron chi connectivity index (χ3n) is 4.29. The van der Waals surface area contributed by atoms with E-state index in [-0.39, 0.29) is 5.92 Å². The lowest BCUT2D eigenvalue weighted by atomic mass is 9.98. The third kappa shape index (κ3) is 2.99. The fourth-order valence-corrected chi connectivity index (χ4v) is 3.02. The highest BCUT2D eigenvalue weighted by Gasteiger charge is 2.19. The predicted molar refractivity (Wildman–Crippen MR) is 97.2 cm³/mol. The molecule has 120 valence electrons. The fourth-order valence-electron chi connectivity index (χ4n) is 2.86. The zero-order chi connectivity index (χ0) is 16.6. The van der Waals surface area contributed by atoms with E-state index < -0.39 is 0 Å². The van der Waals surface area contributed by atoms with Crippen LogP contribution in [-0.2, 0) is 0 Å². The van der Waals surface area contributed by atoms with Crippen LogP contribution in [0.3, 0.4) is 0 Å². The lowest BCUT2D eigenvalue weighted by Crippen LogP contribution is -2.12. The first-order chi connectivity index (χ1) is 11.0. The summed E-state index contributed by atoms with van der Waals surface area (Å²) in [6.07, 6.45) is 1.91.